The largest absolute Gasteiger partial charge is 0.369 e. The Morgan fingerprint density at radius 1 is 1.39 bits per heavy atom. The van der Waals surface area contributed by atoms with E-state index in [1.54, 1.807) is 5.57 Å². The highest BCUT2D eigenvalue weighted by molar-refractivity contribution is 5.78. The van der Waals surface area contributed by atoms with Crippen LogP contribution in [0.25, 0.3) is 0 Å². The summed E-state index contributed by atoms with van der Waals surface area (Å²) in [6, 6.07) is 0. The lowest BCUT2D eigenvalue weighted by atomic mass is 9.89. The molecule has 1 aromatic rings. The molecule has 1 aliphatic carbocycles. The summed E-state index contributed by atoms with van der Waals surface area (Å²) in [5.74, 6) is -0.0996. The van der Waals surface area contributed by atoms with Crippen molar-refractivity contribution in [2.45, 2.75) is 44.9 Å². The van der Waals surface area contributed by atoms with E-state index in [1.165, 1.54) is 31.2 Å². The number of carbonyl (C=O) groups is 1. The van der Waals surface area contributed by atoms with Gasteiger partial charge in [0.1, 0.15) is 0 Å². The molecule has 0 aromatic carbocycles. The van der Waals surface area contributed by atoms with Gasteiger partial charge in [-0.3, -0.25) is 9.48 Å². The minimum Gasteiger partial charge on any atom is -0.369 e. The molecule has 2 heterocycles. The van der Waals surface area contributed by atoms with Gasteiger partial charge < -0.3 is 10.6 Å². The van der Waals surface area contributed by atoms with Crippen LogP contribution in [0.3, 0.4) is 0 Å². The summed E-state index contributed by atoms with van der Waals surface area (Å²) in [7, 11) is 1.94. The normalized spacial score (nSPS) is 25.6. The summed E-state index contributed by atoms with van der Waals surface area (Å²) in [4.78, 5) is 14.3. The van der Waals surface area contributed by atoms with Gasteiger partial charge in [-0.1, -0.05) is 11.6 Å². The van der Waals surface area contributed by atoms with Crippen LogP contribution in [0.4, 0.5) is 0 Å². The predicted octanol–water partition coefficient (Wildman–Crippen LogP) is 2.12. The monoisotopic (exact) mass is 316 g/mol. The average molecular weight is 316 g/mol. The SMILES string of the molecule is Cc1c([C@H]2CN(CCC3=CCCCC3)C[C@@H]2C(N)=O)cnn1C. The number of nitrogens with two attached hydrogens (primary N) is 1. The summed E-state index contributed by atoms with van der Waals surface area (Å²) in [5.41, 5.74) is 9.58. The Kier molecular flexibility index (Phi) is 4.85. The number of rotatable bonds is 5. The standard InChI is InChI=1S/C18H28N4O/c1-13-15(10-20-21(13)2)16-11-22(12-17(16)18(19)23)9-8-14-6-4-3-5-7-14/h6,10,16-17H,3-5,7-9,11-12H2,1-2H3,(H2,19,23)/t16-,17+/m1/s1. The Hall–Kier alpha value is -1.62. The fourth-order valence-corrected chi connectivity index (χ4v) is 3.98. The number of amides is 1. The highest BCUT2D eigenvalue weighted by Crippen LogP contribution is 2.34. The number of hydrogen-bond acceptors (Lipinski definition) is 3. The van der Waals surface area contributed by atoms with Crippen LogP contribution >= 0.6 is 0 Å². The molecule has 3 rings (SSSR count). The Bertz CT molecular complexity index is 604. The van der Waals surface area contributed by atoms with E-state index in [4.69, 9.17) is 5.73 Å². The molecule has 1 fully saturated rings. The molecule has 23 heavy (non-hydrogen) atoms. The van der Waals surface area contributed by atoms with Gasteiger partial charge in [0.25, 0.3) is 0 Å². The van der Waals surface area contributed by atoms with Crippen molar-refractivity contribution in [3.05, 3.63) is 29.1 Å². The van der Waals surface area contributed by atoms with Crippen LogP contribution in [0, 0.1) is 12.8 Å². The third-order valence-electron chi connectivity index (χ3n) is 5.57. The Labute approximate surface area is 138 Å². The van der Waals surface area contributed by atoms with E-state index in [-0.39, 0.29) is 17.7 Å². The first-order chi connectivity index (χ1) is 11.1. The van der Waals surface area contributed by atoms with Crippen molar-refractivity contribution in [1.82, 2.24) is 14.7 Å². The van der Waals surface area contributed by atoms with Gasteiger partial charge >= 0.3 is 0 Å². The lowest BCUT2D eigenvalue weighted by Crippen LogP contribution is -2.29. The molecule has 5 nitrogen and oxygen atoms in total. The Morgan fingerprint density at radius 3 is 2.83 bits per heavy atom. The second kappa shape index (κ2) is 6.87. The average Bonchev–Trinajstić information content (AvgIpc) is 3.11. The lowest BCUT2D eigenvalue weighted by molar-refractivity contribution is -0.121. The van der Waals surface area contributed by atoms with Gasteiger partial charge in [0, 0.05) is 38.3 Å². The summed E-state index contributed by atoms with van der Waals surface area (Å²) in [6.07, 6.45) is 10.6. The first kappa shape index (κ1) is 16.2. The molecule has 0 bridgehead atoms. The molecule has 1 amide bonds. The molecule has 0 unspecified atom stereocenters. The highest BCUT2D eigenvalue weighted by Gasteiger charge is 2.38. The molecule has 1 aliphatic heterocycles. The minimum absolute atomic E-state index is 0.0989. The van der Waals surface area contributed by atoms with Crippen LogP contribution in [0.1, 0.15) is 49.3 Å². The van der Waals surface area contributed by atoms with Crippen molar-refractivity contribution in [3.8, 4) is 0 Å². The molecule has 2 aliphatic rings. The molecule has 2 N–H and O–H groups in total. The second-order valence-corrected chi connectivity index (χ2v) is 7.04. The molecular weight excluding hydrogens is 288 g/mol. The third kappa shape index (κ3) is 3.50. The summed E-state index contributed by atoms with van der Waals surface area (Å²) >= 11 is 0. The molecule has 5 heteroatoms. The first-order valence-electron chi connectivity index (χ1n) is 8.74. The molecule has 0 spiro atoms. The van der Waals surface area contributed by atoms with Crippen molar-refractivity contribution in [1.29, 1.82) is 0 Å². The van der Waals surface area contributed by atoms with E-state index < -0.39 is 0 Å². The van der Waals surface area contributed by atoms with Gasteiger partial charge in [-0.2, -0.15) is 5.10 Å². The summed E-state index contributed by atoms with van der Waals surface area (Å²) in [5, 5.41) is 4.34. The minimum atomic E-state index is -0.183. The number of primary amides is 1. The molecule has 1 aromatic heterocycles. The van der Waals surface area contributed by atoms with Gasteiger partial charge in [0.2, 0.25) is 5.91 Å². The van der Waals surface area contributed by atoms with Crippen LogP contribution < -0.4 is 5.73 Å². The van der Waals surface area contributed by atoms with E-state index in [2.05, 4.69) is 23.0 Å². The zero-order valence-corrected chi connectivity index (χ0v) is 14.3. The Morgan fingerprint density at radius 2 is 2.22 bits per heavy atom. The topological polar surface area (TPSA) is 64.2 Å². The lowest BCUT2D eigenvalue weighted by Gasteiger charge is -2.18. The van der Waals surface area contributed by atoms with Crippen LogP contribution in [-0.2, 0) is 11.8 Å². The molecule has 0 radical (unpaired) electrons. The number of nitrogens with zero attached hydrogens (tertiary/aromatic N) is 3. The quantitative estimate of drug-likeness (QED) is 0.846. The number of aryl methyl sites for hydroxylation is 1. The van der Waals surface area contributed by atoms with Crippen molar-refractivity contribution >= 4 is 5.91 Å². The number of carbonyl (C=O) groups excluding carboxylic acids is 1. The Balaban J connectivity index is 1.67. The molecule has 0 saturated carbocycles. The fourth-order valence-electron chi connectivity index (χ4n) is 3.98. The molecule has 2 atom stereocenters. The fraction of sp³-hybridized carbons (Fsp3) is 0.667. The van der Waals surface area contributed by atoms with Gasteiger partial charge in [-0.05, 0) is 44.6 Å². The van der Waals surface area contributed by atoms with E-state index >= 15 is 0 Å². The number of allylic oxidation sites excluding steroid dienone is 1. The maximum absolute atomic E-state index is 11.9. The van der Waals surface area contributed by atoms with Crippen LogP contribution in [0.15, 0.2) is 17.8 Å². The molecule has 1 saturated heterocycles. The number of hydrogen-bond donors (Lipinski definition) is 1. The van der Waals surface area contributed by atoms with Crippen LogP contribution in [0.2, 0.25) is 0 Å². The zero-order chi connectivity index (χ0) is 16.4. The predicted molar refractivity (Wildman–Crippen MR) is 91.0 cm³/mol. The first-order valence-corrected chi connectivity index (χ1v) is 8.74. The van der Waals surface area contributed by atoms with Gasteiger partial charge in [-0.15, -0.1) is 0 Å². The number of aromatic nitrogens is 2. The molecular formula is C18H28N4O. The van der Waals surface area contributed by atoms with E-state index in [1.807, 2.05) is 17.9 Å². The van der Waals surface area contributed by atoms with Crippen molar-refractivity contribution in [2.75, 3.05) is 19.6 Å². The summed E-state index contributed by atoms with van der Waals surface area (Å²) < 4.78 is 1.88. The van der Waals surface area contributed by atoms with Crippen molar-refractivity contribution < 1.29 is 4.79 Å². The van der Waals surface area contributed by atoms with Crippen molar-refractivity contribution in [2.24, 2.45) is 18.7 Å². The van der Waals surface area contributed by atoms with E-state index in [0.717, 1.165) is 31.7 Å². The van der Waals surface area contributed by atoms with Crippen LogP contribution in [0.5, 0.6) is 0 Å². The third-order valence-corrected chi connectivity index (χ3v) is 5.57. The van der Waals surface area contributed by atoms with E-state index in [9.17, 15) is 4.79 Å². The van der Waals surface area contributed by atoms with Gasteiger partial charge in [-0.25, -0.2) is 0 Å². The second-order valence-electron chi connectivity index (χ2n) is 7.04. The maximum atomic E-state index is 11.9. The summed E-state index contributed by atoms with van der Waals surface area (Å²) in [6.45, 7) is 4.79. The van der Waals surface area contributed by atoms with Gasteiger partial charge in [0.15, 0.2) is 0 Å². The van der Waals surface area contributed by atoms with Crippen molar-refractivity contribution in [3.63, 3.8) is 0 Å². The zero-order valence-electron chi connectivity index (χ0n) is 14.3. The van der Waals surface area contributed by atoms with E-state index in [0.29, 0.717) is 0 Å². The smallest absolute Gasteiger partial charge is 0.222 e. The maximum Gasteiger partial charge on any atom is 0.222 e. The number of likely N-dealkylation sites (tertiary alicyclic amines) is 1. The van der Waals surface area contributed by atoms with Gasteiger partial charge in [0.05, 0.1) is 12.1 Å². The van der Waals surface area contributed by atoms with Crippen LogP contribution in [-0.4, -0.2) is 40.2 Å². The highest BCUT2D eigenvalue weighted by atomic mass is 16.1. The molecule has 126 valence electrons.